The number of barbiturate groups is 1. The van der Waals surface area contributed by atoms with Crippen molar-refractivity contribution in [3.05, 3.63) is 83.6 Å². The molecule has 7 nitrogen and oxygen atoms in total. The number of urea groups is 1. The third-order valence-electron chi connectivity index (χ3n) is 6.12. The summed E-state index contributed by atoms with van der Waals surface area (Å²) in [6.45, 7) is 3.75. The molecule has 3 aromatic rings. The number of hydrogen-bond donors (Lipinski definition) is 0. The first-order chi connectivity index (χ1) is 16.5. The van der Waals surface area contributed by atoms with E-state index in [0.717, 1.165) is 41.3 Å². The van der Waals surface area contributed by atoms with Gasteiger partial charge in [-0.2, -0.15) is 0 Å². The molecule has 0 aliphatic carbocycles. The highest BCUT2D eigenvalue weighted by atomic mass is 16.4. The van der Waals surface area contributed by atoms with Gasteiger partial charge in [-0.15, -0.1) is 0 Å². The standard InChI is InChI=1S/C27H25N3O4/c1-19-10-12-21(13-11-19)30-26(32)23(25(31)29(27(30)33)20-8-4-2-5-9-20)18-22-14-15-24(34-22)28-16-6-3-7-17-28/h2,4-5,8-15,18H,3,6-7,16-17H2,1H3/b23-18+. The second kappa shape index (κ2) is 9.02. The first-order valence-corrected chi connectivity index (χ1v) is 11.4. The third kappa shape index (κ3) is 4.01. The minimum Gasteiger partial charge on any atom is -0.441 e. The molecule has 4 amide bonds. The number of carbonyl (C=O) groups excluding carboxylic acids is 3. The van der Waals surface area contributed by atoms with Crippen molar-refractivity contribution < 1.29 is 18.8 Å². The van der Waals surface area contributed by atoms with Gasteiger partial charge in [0.2, 0.25) is 0 Å². The van der Waals surface area contributed by atoms with E-state index in [4.69, 9.17) is 4.42 Å². The molecule has 172 valence electrons. The summed E-state index contributed by atoms with van der Waals surface area (Å²) in [7, 11) is 0. The largest absolute Gasteiger partial charge is 0.441 e. The molecule has 2 fully saturated rings. The monoisotopic (exact) mass is 455 g/mol. The van der Waals surface area contributed by atoms with Gasteiger partial charge >= 0.3 is 6.03 Å². The Labute approximate surface area is 197 Å². The lowest BCUT2D eigenvalue weighted by molar-refractivity contribution is -0.121. The van der Waals surface area contributed by atoms with Crippen LogP contribution in [0.1, 0.15) is 30.6 Å². The van der Waals surface area contributed by atoms with E-state index in [0.29, 0.717) is 23.0 Å². The smallest absolute Gasteiger partial charge is 0.343 e. The van der Waals surface area contributed by atoms with Gasteiger partial charge in [0.1, 0.15) is 11.3 Å². The van der Waals surface area contributed by atoms with Crippen LogP contribution in [0.25, 0.3) is 6.08 Å². The van der Waals surface area contributed by atoms with Gasteiger partial charge in [0.05, 0.1) is 11.4 Å². The highest BCUT2D eigenvalue weighted by Gasteiger charge is 2.43. The van der Waals surface area contributed by atoms with Crippen molar-refractivity contribution >= 4 is 41.2 Å². The van der Waals surface area contributed by atoms with E-state index in [1.54, 1.807) is 48.5 Å². The summed E-state index contributed by atoms with van der Waals surface area (Å²) in [5.74, 6) is -0.250. The Hall–Kier alpha value is -4.13. The maximum atomic E-state index is 13.5. The van der Waals surface area contributed by atoms with Crippen molar-refractivity contribution in [2.24, 2.45) is 0 Å². The first kappa shape index (κ1) is 21.7. The highest BCUT2D eigenvalue weighted by Crippen LogP contribution is 2.31. The SMILES string of the molecule is Cc1ccc(N2C(=O)/C(=C/c3ccc(N4CCCCC4)o3)C(=O)N(c3ccccc3)C2=O)cc1. The Morgan fingerprint density at radius 3 is 2.00 bits per heavy atom. The van der Waals surface area contributed by atoms with E-state index in [2.05, 4.69) is 4.90 Å². The fourth-order valence-electron chi connectivity index (χ4n) is 4.30. The molecule has 2 aliphatic heterocycles. The molecule has 7 heteroatoms. The van der Waals surface area contributed by atoms with Crippen molar-refractivity contribution in [1.29, 1.82) is 0 Å². The molecular weight excluding hydrogens is 430 g/mol. The van der Waals surface area contributed by atoms with Crippen LogP contribution in [-0.2, 0) is 9.59 Å². The van der Waals surface area contributed by atoms with E-state index < -0.39 is 17.8 Å². The second-order valence-corrected chi connectivity index (χ2v) is 8.52. The lowest BCUT2D eigenvalue weighted by Crippen LogP contribution is -2.57. The van der Waals surface area contributed by atoms with Crippen molar-refractivity contribution in [3.63, 3.8) is 0 Å². The summed E-state index contributed by atoms with van der Waals surface area (Å²) in [4.78, 5) is 44.5. The molecule has 0 spiro atoms. The van der Waals surface area contributed by atoms with Crippen LogP contribution in [0.2, 0.25) is 0 Å². The summed E-state index contributed by atoms with van der Waals surface area (Å²) in [6.07, 6.45) is 4.85. The first-order valence-electron chi connectivity index (χ1n) is 11.4. The summed E-state index contributed by atoms with van der Waals surface area (Å²) >= 11 is 0. The Balaban J connectivity index is 1.55. The number of nitrogens with zero attached hydrogens (tertiary/aromatic N) is 3. The summed E-state index contributed by atoms with van der Waals surface area (Å²) in [5, 5.41) is 0. The van der Waals surface area contributed by atoms with Crippen molar-refractivity contribution in [2.45, 2.75) is 26.2 Å². The van der Waals surface area contributed by atoms with Gasteiger partial charge in [-0.3, -0.25) is 9.59 Å². The van der Waals surface area contributed by atoms with Crippen molar-refractivity contribution in [3.8, 4) is 0 Å². The van der Waals surface area contributed by atoms with Crippen LogP contribution in [0, 0.1) is 6.92 Å². The summed E-state index contributed by atoms with van der Waals surface area (Å²) in [6, 6.07) is 18.5. The van der Waals surface area contributed by atoms with E-state index in [1.165, 1.54) is 12.5 Å². The van der Waals surface area contributed by atoms with Crippen LogP contribution in [-0.4, -0.2) is 30.9 Å². The van der Waals surface area contributed by atoms with E-state index in [9.17, 15) is 14.4 Å². The zero-order valence-electron chi connectivity index (χ0n) is 18.9. The molecule has 0 bridgehead atoms. The minimum atomic E-state index is -0.712. The Kier molecular flexibility index (Phi) is 5.76. The number of para-hydroxylation sites is 1. The molecule has 5 rings (SSSR count). The molecule has 0 unspecified atom stereocenters. The average molecular weight is 456 g/mol. The summed E-state index contributed by atoms with van der Waals surface area (Å²) in [5.41, 5.74) is 1.65. The summed E-state index contributed by atoms with van der Waals surface area (Å²) < 4.78 is 5.97. The Morgan fingerprint density at radius 2 is 1.35 bits per heavy atom. The van der Waals surface area contributed by atoms with Gasteiger partial charge in [-0.1, -0.05) is 35.9 Å². The molecule has 34 heavy (non-hydrogen) atoms. The van der Waals surface area contributed by atoms with Crippen LogP contribution >= 0.6 is 0 Å². The van der Waals surface area contributed by atoms with E-state index in [1.807, 2.05) is 25.1 Å². The van der Waals surface area contributed by atoms with Gasteiger partial charge in [0, 0.05) is 19.2 Å². The number of furan rings is 1. The number of hydrogen-bond acceptors (Lipinski definition) is 5. The Morgan fingerprint density at radius 1 is 0.735 bits per heavy atom. The van der Waals surface area contributed by atoms with Crippen LogP contribution in [0.4, 0.5) is 22.1 Å². The van der Waals surface area contributed by atoms with Gasteiger partial charge < -0.3 is 9.32 Å². The van der Waals surface area contributed by atoms with E-state index in [-0.39, 0.29) is 5.57 Å². The molecule has 0 saturated carbocycles. The third-order valence-corrected chi connectivity index (χ3v) is 6.12. The predicted octanol–water partition coefficient (Wildman–Crippen LogP) is 5.16. The normalized spacial score (nSPS) is 18.2. The number of benzene rings is 2. The number of carbonyl (C=O) groups is 3. The average Bonchev–Trinajstić information content (AvgIpc) is 3.33. The van der Waals surface area contributed by atoms with Crippen molar-refractivity contribution in [1.82, 2.24) is 0 Å². The van der Waals surface area contributed by atoms with Gasteiger partial charge in [0.15, 0.2) is 5.88 Å². The van der Waals surface area contributed by atoms with Crippen molar-refractivity contribution in [2.75, 3.05) is 27.8 Å². The zero-order chi connectivity index (χ0) is 23.7. The number of imide groups is 2. The van der Waals surface area contributed by atoms with Gasteiger partial charge in [0.25, 0.3) is 11.8 Å². The minimum absolute atomic E-state index is 0.136. The molecule has 2 aliphatic rings. The van der Waals surface area contributed by atoms with Crippen LogP contribution in [0.5, 0.6) is 0 Å². The molecule has 0 N–H and O–H groups in total. The molecule has 2 saturated heterocycles. The number of piperidine rings is 1. The Bertz CT molecular complexity index is 1250. The molecule has 2 aromatic carbocycles. The van der Waals surface area contributed by atoms with Gasteiger partial charge in [-0.25, -0.2) is 14.6 Å². The van der Waals surface area contributed by atoms with Crippen LogP contribution in [0.3, 0.4) is 0 Å². The zero-order valence-corrected chi connectivity index (χ0v) is 18.9. The second-order valence-electron chi connectivity index (χ2n) is 8.52. The predicted molar refractivity (Wildman–Crippen MR) is 131 cm³/mol. The van der Waals surface area contributed by atoms with E-state index >= 15 is 0 Å². The number of amides is 4. The van der Waals surface area contributed by atoms with Crippen LogP contribution in [0.15, 0.2) is 76.7 Å². The molecular formula is C27H25N3O4. The lowest BCUT2D eigenvalue weighted by atomic mass is 10.1. The fraction of sp³-hybridized carbons (Fsp3) is 0.222. The topological polar surface area (TPSA) is 74.1 Å². The maximum Gasteiger partial charge on any atom is 0.343 e. The number of aryl methyl sites for hydroxylation is 1. The fourth-order valence-corrected chi connectivity index (χ4v) is 4.30. The molecule has 0 atom stereocenters. The number of anilines is 3. The quantitative estimate of drug-likeness (QED) is 0.401. The van der Waals surface area contributed by atoms with Gasteiger partial charge in [-0.05, 0) is 62.6 Å². The number of rotatable bonds is 4. The lowest BCUT2D eigenvalue weighted by Gasteiger charge is -2.33. The maximum absolute atomic E-state index is 13.5. The molecule has 0 radical (unpaired) electrons. The highest BCUT2D eigenvalue weighted by molar-refractivity contribution is 6.46. The molecule has 3 heterocycles. The van der Waals surface area contributed by atoms with Crippen LogP contribution < -0.4 is 14.7 Å². The molecule has 1 aromatic heterocycles.